The molecule has 0 aliphatic carbocycles. The molecule has 0 bridgehead atoms. The summed E-state index contributed by atoms with van der Waals surface area (Å²) in [6.45, 7) is 3.71. The molecule has 0 spiro atoms. The molecule has 0 saturated carbocycles. The predicted octanol–water partition coefficient (Wildman–Crippen LogP) is 6.45. The number of fused-ring (bicyclic) bond motifs is 1. The summed E-state index contributed by atoms with van der Waals surface area (Å²) in [4.78, 5) is 31.1. The van der Waals surface area contributed by atoms with Crippen molar-refractivity contribution in [3.05, 3.63) is 92.1 Å². The van der Waals surface area contributed by atoms with Crippen LogP contribution in [0.5, 0.6) is 0 Å². The number of hydrogen-bond acceptors (Lipinski definition) is 3. The van der Waals surface area contributed by atoms with E-state index in [1.165, 1.54) is 21.9 Å². The van der Waals surface area contributed by atoms with Gasteiger partial charge in [-0.05, 0) is 73.2 Å². The van der Waals surface area contributed by atoms with Gasteiger partial charge in [0.1, 0.15) is 6.54 Å². The summed E-state index contributed by atoms with van der Waals surface area (Å²) >= 11 is 7.72. The summed E-state index contributed by atoms with van der Waals surface area (Å²) in [6, 6.07) is 12.9. The molecule has 1 atom stereocenters. The summed E-state index contributed by atoms with van der Waals surface area (Å²) in [6.07, 6.45) is -3.86. The second-order valence-corrected chi connectivity index (χ2v) is 10.1. The molecule has 4 nitrogen and oxygen atoms in total. The first-order valence-electron chi connectivity index (χ1n) is 11.2. The van der Waals surface area contributed by atoms with Crippen molar-refractivity contribution >= 4 is 34.8 Å². The average molecular weight is 521 g/mol. The van der Waals surface area contributed by atoms with Crippen molar-refractivity contribution in [2.75, 3.05) is 13.1 Å². The highest BCUT2D eigenvalue weighted by Crippen LogP contribution is 2.38. The minimum absolute atomic E-state index is 0.102. The first-order valence-corrected chi connectivity index (χ1v) is 12.4. The average Bonchev–Trinajstić information content (AvgIpc) is 3.30. The van der Waals surface area contributed by atoms with E-state index in [0.717, 1.165) is 23.3 Å². The van der Waals surface area contributed by atoms with Crippen LogP contribution in [0.3, 0.4) is 0 Å². The van der Waals surface area contributed by atoms with Crippen molar-refractivity contribution in [1.29, 1.82) is 0 Å². The fourth-order valence-electron chi connectivity index (χ4n) is 4.31. The second-order valence-electron chi connectivity index (χ2n) is 8.70. The first kappa shape index (κ1) is 25.3. The maximum atomic E-state index is 13.6. The maximum absolute atomic E-state index is 13.6. The zero-order chi connectivity index (χ0) is 25.3. The number of halogens is 4. The lowest BCUT2D eigenvalue weighted by Crippen LogP contribution is -2.48. The molecule has 0 radical (unpaired) electrons. The number of hydrogen-bond donors (Lipinski definition) is 0. The molecule has 35 heavy (non-hydrogen) atoms. The third-order valence-corrected chi connectivity index (χ3v) is 7.35. The smallest absolute Gasteiger partial charge is 0.330 e. The molecule has 0 saturated heterocycles. The highest BCUT2D eigenvalue weighted by Gasteiger charge is 2.35. The van der Waals surface area contributed by atoms with Gasteiger partial charge in [0.25, 0.3) is 5.91 Å². The molecule has 184 valence electrons. The van der Waals surface area contributed by atoms with Crippen LogP contribution >= 0.6 is 22.9 Å². The van der Waals surface area contributed by atoms with E-state index >= 15 is 0 Å². The first-order chi connectivity index (χ1) is 16.6. The number of benzene rings is 2. The summed E-state index contributed by atoms with van der Waals surface area (Å²) in [5, 5.41) is 2.59. The topological polar surface area (TPSA) is 40.6 Å². The minimum Gasteiger partial charge on any atom is -0.330 e. The minimum atomic E-state index is -4.56. The standard InChI is InChI=1S/C26H24ClF3N2O2S/c1-16(2)32(25(34)18-4-3-5-19(14-18)26(28,29)30)15-23(33)31-12-10-22-21(11-13-35-22)24(31)17-6-8-20(27)9-7-17/h3-9,11,13-14,16,24H,10,12,15H2,1-2H3. The molecule has 1 aliphatic rings. The van der Waals surface area contributed by atoms with E-state index in [4.69, 9.17) is 11.6 Å². The normalized spacial score (nSPS) is 15.7. The van der Waals surface area contributed by atoms with E-state index in [2.05, 4.69) is 0 Å². The van der Waals surface area contributed by atoms with E-state index < -0.39 is 23.7 Å². The molecular formula is C26H24ClF3N2O2S. The van der Waals surface area contributed by atoms with Gasteiger partial charge in [0.05, 0.1) is 11.6 Å². The molecule has 9 heteroatoms. The Hall–Kier alpha value is -2.84. The number of carbonyl (C=O) groups excluding carboxylic acids is 2. The van der Waals surface area contributed by atoms with E-state index in [1.807, 2.05) is 23.6 Å². The molecule has 1 aromatic heterocycles. The number of thiophene rings is 1. The van der Waals surface area contributed by atoms with Crippen LogP contribution in [0.25, 0.3) is 0 Å². The highest BCUT2D eigenvalue weighted by molar-refractivity contribution is 7.10. The fourth-order valence-corrected chi connectivity index (χ4v) is 5.34. The summed E-state index contributed by atoms with van der Waals surface area (Å²) in [5.41, 5.74) is 0.941. The monoisotopic (exact) mass is 520 g/mol. The van der Waals surface area contributed by atoms with Gasteiger partial charge in [0, 0.05) is 28.0 Å². The van der Waals surface area contributed by atoms with Crippen LogP contribution in [0.4, 0.5) is 13.2 Å². The van der Waals surface area contributed by atoms with Crippen LogP contribution in [-0.4, -0.2) is 40.7 Å². The Labute approximate surface area is 210 Å². The molecule has 0 fully saturated rings. The second kappa shape index (κ2) is 10.0. The van der Waals surface area contributed by atoms with Crippen LogP contribution in [0.2, 0.25) is 5.02 Å². The fraction of sp³-hybridized carbons (Fsp3) is 0.308. The molecule has 2 aromatic carbocycles. The van der Waals surface area contributed by atoms with Crippen LogP contribution in [0, 0.1) is 0 Å². The molecule has 2 amide bonds. The van der Waals surface area contributed by atoms with Gasteiger partial charge in [-0.15, -0.1) is 11.3 Å². The lowest BCUT2D eigenvalue weighted by atomic mass is 9.93. The van der Waals surface area contributed by atoms with Crippen molar-refractivity contribution in [2.45, 2.75) is 38.5 Å². The third kappa shape index (κ3) is 5.38. The van der Waals surface area contributed by atoms with Crippen molar-refractivity contribution < 1.29 is 22.8 Å². The molecule has 3 aromatic rings. The number of rotatable bonds is 5. The lowest BCUT2D eigenvalue weighted by molar-refractivity contribution is -0.137. The zero-order valence-electron chi connectivity index (χ0n) is 19.2. The molecular weight excluding hydrogens is 497 g/mol. The highest BCUT2D eigenvalue weighted by atomic mass is 35.5. The molecule has 1 unspecified atom stereocenters. The zero-order valence-corrected chi connectivity index (χ0v) is 20.8. The van der Waals surface area contributed by atoms with Gasteiger partial charge < -0.3 is 9.80 Å². The number of alkyl halides is 3. The van der Waals surface area contributed by atoms with Gasteiger partial charge in [0.15, 0.2) is 0 Å². The molecule has 2 heterocycles. The molecule has 4 rings (SSSR count). The number of carbonyl (C=O) groups is 2. The maximum Gasteiger partial charge on any atom is 0.416 e. The van der Waals surface area contributed by atoms with E-state index in [-0.39, 0.29) is 24.1 Å². The molecule has 1 aliphatic heterocycles. The Morgan fingerprint density at radius 3 is 2.51 bits per heavy atom. The summed E-state index contributed by atoms with van der Waals surface area (Å²) < 4.78 is 39.5. The van der Waals surface area contributed by atoms with Gasteiger partial charge in [0.2, 0.25) is 5.91 Å². The van der Waals surface area contributed by atoms with E-state index in [0.29, 0.717) is 18.0 Å². The predicted molar refractivity (Wildman–Crippen MR) is 131 cm³/mol. The Bertz CT molecular complexity index is 1220. The number of amides is 2. The van der Waals surface area contributed by atoms with Crippen molar-refractivity contribution in [1.82, 2.24) is 9.80 Å². The van der Waals surface area contributed by atoms with E-state index in [9.17, 15) is 22.8 Å². The van der Waals surface area contributed by atoms with Crippen LogP contribution in [0.1, 0.15) is 51.8 Å². The Morgan fingerprint density at radius 2 is 1.86 bits per heavy atom. The third-order valence-electron chi connectivity index (χ3n) is 6.10. The Balaban J connectivity index is 1.62. The summed E-state index contributed by atoms with van der Waals surface area (Å²) in [5.74, 6) is -0.883. The Kier molecular flexibility index (Phi) is 7.24. The Morgan fingerprint density at radius 1 is 1.14 bits per heavy atom. The van der Waals surface area contributed by atoms with Crippen LogP contribution in [-0.2, 0) is 17.4 Å². The number of nitrogens with zero attached hydrogens (tertiary/aromatic N) is 2. The van der Waals surface area contributed by atoms with Gasteiger partial charge in [-0.2, -0.15) is 13.2 Å². The lowest BCUT2D eigenvalue weighted by Gasteiger charge is -2.38. The quantitative estimate of drug-likeness (QED) is 0.388. The van der Waals surface area contributed by atoms with Crippen LogP contribution in [0.15, 0.2) is 60.0 Å². The van der Waals surface area contributed by atoms with Crippen molar-refractivity contribution in [3.8, 4) is 0 Å². The van der Waals surface area contributed by atoms with Crippen molar-refractivity contribution in [2.24, 2.45) is 0 Å². The van der Waals surface area contributed by atoms with Gasteiger partial charge in [-0.3, -0.25) is 9.59 Å². The van der Waals surface area contributed by atoms with Crippen LogP contribution < -0.4 is 0 Å². The molecule has 0 N–H and O–H groups in total. The van der Waals surface area contributed by atoms with Gasteiger partial charge in [-0.1, -0.05) is 29.8 Å². The van der Waals surface area contributed by atoms with Gasteiger partial charge in [-0.25, -0.2) is 0 Å². The van der Waals surface area contributed by atoms with E-state index in [1.54, 1.807) is 42.2 Å². The largest absolute Gasteiger partial charge is 0.416 e. The van der Waals surface area contributed by atoms with Gasteiger partial charge >= 0.3 is 6.18 Å². The van der Waals surface area contributed by atoms with Crippen molar-refractivity contribution in [3.63, 3.8) is 0 Å². The SMILES string of the molecule is CC(C)N(CC(=O)N1CCc2sccc2C1c1ccc(Cl)cc1)C(=O)c1cccc(C(F)(F)F)c1. The summed E-state index contributed by atoms with van der Waals surface area (Å²) in [7, 11) is 0.